The molecule has 21 heavy (non-hydrogen) atoms. The SMILES string of the molecule is O=C(O)CC1(NC(=O)Nc2ccc(Br)cc2Cl)CCCC1. The van der Waals surface area contributed by atoms with Gasteiger partial charge in [0.05, 0.1) is 22.7 Å². The van der Waals surface area contributed by atoms with E-state index < -0.39 is 17.5 Å². The third kappa shape index (κ3) is 4.35. The summed E-state index contributed by atoms with van der Waals surface area (Å²) in [5.74, 6) is -0.904. The van der Waals surface area contributed by atoms with Crippen molar-refractivity contribution >= 4 is 45.2 Å². The summed E-state index contributed by atoms with van der Waals surface area (Å²) in [4.78, 5) is 23.1. The number of carbonyl (C=O) groups is 2. The molecule has 0 spiro atoms. The molecule has 7 heteroatoms. The minimum Gasteiger partial charge on any atom is -0.481 e. The van der Waals surface area contributed by atoms with Crippen molar-refractivity contribution in [1.82, 2.24) is 5.32 Å². The molecule has 1 aromatic rings. The molecule has 114 valence electrons. The molecule has 0 unspecified atom stereocenters. The van der Waals surface area contributed by atoms with Gasteiger partial charge in [0.25, 0.3) is 0 Å². The number of rotatable bonds is 4. The Morgan fingerprint density at radius 2 is 2.00 bits per heavy atom. The van der Waals surface area contributed by atoms with Gasteiger partial charge >= 0.3 is 12.0 Å². The van der Waals surface area contributed by atoms with Crippen LogP contribution in [-0.2, 0) is 4.79 Å². The van der Waals surface area contributed by atoms with E-state index in [0.29, 0.717) is 23.6 Å². The molecule has 0 saturated heterocycles. The van der Waals surface area contributed by atoms with E-state index in [2.05, 4.69) is 26.6 Å². The summed E-state index contributed by atoms with van der Waals surface area (Å²) in [5, 5.41) is 14.9. The first-order chi connectivity index (χ1) is 9.90. The maximum absolute atomic E-state index is 12.1. The van der Waals surface area contributed by atoms with Crippen LogP contribution in [0.1, 0.15) is 32.1 Å². The lowest BCUT2D eigenvalue weighted by molar-refractivity contribution is -0.138. The van der Waals surface area contributed by atoms with Gasteiger partial charge < -0.3 is 15.7 Å². The largest absolute Gasteiger partial charge is 0.481 e. The van der Waals surface area contributed by atoms with Crippen LogP contribution in [0.15, 0.2) is 22.7 Å². The number of carboxylic acids is 1. The summed E-state index contributed by atoms with van der Waals surface area (Å²) in [6, 6.07) is 4.70. The Labute approximate surface area is 136 Å². The average molecular weight is 376 g/mol. The van der Waals surface area contributed by atoms with E-state index in [1.807, 2.05) is 0 Å². The maximum atomic E-state index is 12.1. The summed E-state index contributed by atoms with van der Waals surface area (Å²) < 4.78 is 0.816. The minimum absolute atomic E-state index is 0.0610. The highest BCUT2D eigenvalue weighted by atomic mass is 79.9. The van der Waals surface area contributed by atoms with Crippen LogP contribution in [0.25, 0.3) is 0 Å². The Bertz CT molecular complexity index is 559. The van der Waals surface area contributed by atoms with Gasteiger partial charge in [-0.15, -0.1) is 0 Å². The van der Waals surface area contributed by atoms with Gasteiger partial charge in [0, 0.05) is 4.47 Å². The van der Waals surface area contributed by atoms with Gasteiger partial charge in [-0.05, 0) is 31.0 Å². The number of halogens is 2. The third-order valence-electron chi connectivity index (χ3n) is 3.61. The highest BCUT2D eigenvalue weighted by Gasteiger charge is 2.37. The molecular weight excluding hydrogens is 360 g/mol. The molecule has 0 aliphatic heterocycles. The first-order valence-corrected chi connectivity index (χ1v) is 7.83. The number of urea groups is 1. The highest BCUT2D eigenvalue weighted by Crippen LogP contribution is 2.33. The van der Waals surface area contributed by atoms with Crippen LogP contribution in [0.3, 0.4) is 0 Å². The third-order valence-corrected chi connectivity index (χ3v) is 4.41. The number of amides is 2. The molecule has 1 aliphatic carbocycles. The Balaban J connectivity index is 2.04. The van der Waals surface area contributed by atoms with Crippen molar-refractivity contribution in [1.29, 1.82) is 0 Å². The van der Waals surface area contributed by atoms with Crippen LogP contribution in [0.5, 0.6) is 0 Å². The molecule has 0 radical (unpaired) electrons. The van der Waals surface area contributed by atoms with Crippen molar-refractivity contribution in [2.24, 2.45) is 0 Å². The first-order valence-electron chi connectivity index (χ1n) is 6.66. The van der Waals surface area contributed by atoms with Crippen molar-refractivity contribution in [3.63, 3.8) is 0 Å². The molecule has 2 rings (SSSR count). The molecule has 1 aromatic carbocycles. The van der Waals surface area contributed by atoms with Gasteiger partial charge in [0.15, 0.2) is 0 Å². The Morgan fingerprint density at radius 1 is 1.33 bits per heavy atom. The zero-order valence-electron chi connectivity index (χ0n) is 11.3. The van der Waals surface area contributed by atoms with Crippen molar-refractivity contribution in [2.75, 3.05) is 5.32 Å². The topological polar surface area (TPSA) is 78.4 Å². The number of aliphatic carboxylic acids is 1. The number of carboxylic acid groups (broad SMARTS) is 1. The van der Waals surface area contributed by atoms with Gasteiger partial charge in [0.2, 0.25) is 0 Å². The van der Waals surface area contributed by atoms with E-state index in [4.69, 9.17) is 16.7 Å². The second-order valence-electron chi connectivity index (χ2n) is 5.26. The van der Waals surface area contributed by atoms with Crippen LogP contribution in [-0.4, -0.2) is 22.6 Å². The number of benzene rings is 1. The van der Waals surface area contributed by atoms with Crippen molar-refractivity contribution in [3.8, 4) is 0 Å². The second-order valence-corrected chi connectivity index (χ2v) is 6.58. The summed E-state index contributed by atoms with van der Waals surface area (Å²) in [7, 11) is 0. The van der Waals surface area contributed by atoms with Crippen molar-refractivity contribution in [2.45, 2.75) is 37.6 Å². The fourth-order valence-electron chi connectivity index (χ4n) is 2.67. The maximum Gasteiger partial charge on any atom is 0.319 e. The molecule has 1 fully saturated rings. The van der Waals surface area contributed by atoms with E-state index in [9.17, 15) is 9.59 Å². The molecule has 2 amide bonds. The van der Waals surface area contributed by atoms with Gasteiger partial charge in [0.1, 0.15) is 0 Å². The molecule has 0 atom stereocenters. The first kappa shape index (κ1) is 16.1. The summed E-state index contributed by atoms with van der Waals surface area (Å²) in [5.41, 5.74) is -0.168. The smallest absolute Gasteiger partial charge is 0.319 e. The summed E-state index contributed by atoms with van der Waals surface area (Å²) >= 11 is 9.33. The number of hydrogen-bond donors (Lipinski definition) is 3. The molecule has 0 heterocycles. The highest BCUT2D eigenvalue weighted by molar-refractivity contribution is 9.10. The van der Waals surface area contributed by atoms with Gasteiger partial charge in [-0.1, -0.05) is 40.4 Å². The van der Waals surface area contributed by atoms with Crippen LogP contribution < -0.4 is 10.6 Å². The normalized spacial score (nSPS) is 16.5. The molecule has 0 bridgehead atoms. The summed E-state index contributed by atoms with van der Waals surface area (Å²) in [6.07, 6.45) is 3.15. The van der Waals surface area contributed by atoms with Crippen LogP contribution >= 0.6 is 27.5 Å². The predicted molar refractivity (Wildman–Crippen MR) is 84.8 cm³/mol. The van der Waals surface area contributed by atoms with Crippen LogP contribution in [0.4, 0.5) is 10.5 Å². The van der Waals surface area contributed by atoms with Gasteiger partial charge in [-0.2, -0.15) is 0 Å². The fraction of sp³-hybridized carbons (Fsp3) is 0.429. The average Bonchev–Trinajstić information content (AvgIpc) is 2.80. The molecule has 1 saturated carbocycles. The van der Waals surface area contributed by atoms with Crippen LogP contribution in [0, 0.1) is 0 Å². The predicted octanol–water partition coefficient (Wildman–Crippen LogP) is 4.01. The van der Waals surface area contributed by atoms with E-state index in [1.54, 1.807) is 18.2 Å². The van der Waals surface area contributed by atoms with E-state index in [-0.39, 0.29) is 6.42 Å². The summed E-state index contributed by atoms with van der Waals surface area (Å²) in [6.45, 7) is 0. The lowest BCUT2D eigenvalue weighted by atomic mass is 9.93. The second kappa shape index (κ2) is 6.66. The minimum atomic E-state index is -0.904. The van der Waals surface area contributed by atoms with Crippen molar-refractivity contribution < 1.29 is 14.7 Å². The van der Waals surface area contributed by atoms with E-state index in [0.717, 1.165) is 17.3 Å². The number of nitrogens with one attached hydrogen (secondary N) is 2. The van der Waals surface area contributed by atoms with Gasteiger partial charge in [-0.25, -0.2) is 4.79 Å². The van der Waals surface area contributed by atoms with E-state index >= 15 is 0 Å². The quantitative estimate of drug-likeness (QED) is 0.744. The Kier molecular flexibility index (Phi) is 5.11. The zero-order valence-corrected chi connectivity index (χ0v) is 13.6. The van der Waals surface area contributed by atoms with E-state index in [1.165, 1.54) is 0 Å². The zero-order chi connectivity index (χ0) is 15.5. The standard InChI is InChI=1S/C14H16BrClN2O3/c15-9-3-4-11(10(16)7-9)17-13(21)18-14(8-12(19)20)5-1-2-6-14/h3-4,7H,1-2,5-6,8H2,(H,19,20)(H2,17,18,21). The lowest BCUT2D eigenvalue weighted by Crippen LogP contribution is -2.49. The van der Waals surface area contributed by atoms with Gasteiger partial charge in [-0.3, -0.25) is 4.79 Å². The molecule has 1 aliphatic rings. The lowest BCUT2D eigenvalue weighted by Gasteiger charge is -2.28. The number of anilines is 1. The fourth-order valence-corrected chi connectivity index (χ4v) is 3.39. The Hall–Kier alpha value is -1.27. The Morgan fingerprint density at radius 3 is 2.57 bits per heavy atom. The molecule has 5 nitrogen and oxygen atoms in total. The molecule has 3 N–H and O–H groups in total. The number of carbonyl (C=O) groups excluding carboxylic acids is 1. The van der Waals surface area contributed by atoms with Crippen molar-refractivity contribution in [3.05, 3.63) is 27.7 Å². The van der Waals surface area contributed by atoms with Crippen LogP contribution in [0.2, 0.25) is 5.02 Å². The monoisotopic (exact) mass is 374 g/mol. The molecule has 0 aromatic heterocycles. The number of hydrogen-bond acceptors (Lipinski definition) is 2. The molecular formula is C14H16BrClN2O3.